The van der Waals surface area contributed by atoms with Crippen LogP contribution < -0.4 is 10.5 Å². The molecule has 0 spiro atoms. The molecule has 0 unspecified atom stereocenters. The lowest BCUT2D eigenvalue weighted by molar-refractivity contribution is 0.413. The molecule has 1 aromatic carbocycles. The Morgan fingerprint density at radius 3 is 2.89 bits per heavy atom. The van der Waals surface area contributed by atoms with Crippen LogP contribution in [0.1, 0.15) is 5.69 Å². The Hall–Kier alpha value is -2.19. The van der Waals surface area contributed by atoms with Crippen molar-refractivity contribution in [1.82, 2.24) is 4.98 Å². The quantitative estimate of drug-likeness (QED) is 0.915. The van der Waals surface area contributed by atoms with Crippen LogP contribution in [0, 0.1) is 11.3 Å². The van der Waals surface area contributed by atoms with Gasteiger partial charge < -0.3 is 10.5 Å². The number of nitrogens with two attached hydrogens (primary N) is 1. The van der Waals surface area contributed by atoms with Gasteiger partial charge in [-0.2, -0.15) is 5.26 Å². The summed E-state index contributed by atoms with van der Waals surface area (Å²) in [5.74, 6) is 0.788. The second-order valence-electron chi connectivity index (χ2n) is 3.48. The zero-order chi connectivity index (χ0) is 13.0. The van der Waals surface area contributed by atoms with Crippen LogP contribution >= 0.6 is 11.8 Å². The highest BCUT2D eigenvalue weighted by Gasteiger charge is 2.04. The zero-order valence-electron chi connectivity index (χ0n) is 9.75. The molecule has 2 rings (SSSR count). The fourth-order valence-electron chi connectivity index (χ4n) is 1.38. The molecule has 2 N–H and O–H groups in total. The maximum absolute atomic E-state index is 8.87. The van der Waals surface area contributed by atoms with Crippen LogP contribution in [0.2, 0.25) is 0 Å². The first kappa shape index (κ1) is 12.3. The van der Waals surface area contributed by atoms with Gasteiger partial charge in [-0.1, -0.05) is 17.8 Å². The Labute approximate surface area is 109 Å². The molecule has 0 atom stereocenters. The van der Waals surface area contributed by atoms with Crippen LogP contribution in [0.3, 0.4) is 0 Å². The highest BCUT2D eigenvalue weighted by molar-refractivity contribution is 7.99. The summed E-state index contributed by atoms with van der Waals surface area (Å²) in [5, 5.41) is 9.60. The van der Waals surface area contributed by atoms with Crippen molar-refractivity contribution in [2.75, 3.05) is 12.8 Å². The Morgan fingerprint density at radius 2 is 2.17 bits per heavy atom. The molecular weight excluding hydrogens is 246 g/mol. The summed E-state index contributed by atoms with van der Waals surface area (Å²) in [4.78, 5) is 5.17. The van der Waals surface area contributed by atoms with E-state index >= 15 is 0 Å². The van der Waals surface area contributed by atoms with Gasteiger partial charge in [0.1, 0.15) is 16.8 Å². The Kier molecular flexibility index (Phi) is 3.70. The van der Waals surface area contributed by atoms with E-state index in [1.807, 2.05) is 30.3 Å². The van der Waals surface area contributed by atoms with E-state index in [1.54, 1.807) is 19.2 Å². The average molecular weight is 257 g/mol. The number of methoxy groups -OCH3 is 1. The van der Waals surface area contributed by atoms with Crippen LogP contribution in [0.4, 0.5) is 5.69 Å². The van der Waals surface area contributed by atoms with Gasteiger partial charge >= 0.3 is 0 Å². The molecule has 0 amide bonds. The summed E-state index contributed by atoms with van der Waals surface area (Å²) in [6.45, 7) is 0. The first-order valence-electron chi connectivity index (χ1n) is 5.21. The number of anilines is 1. The van der Waals surface area contributed by atoms with E-state index in [2.05, 4.69) is 4.98 Å². The molecule has 0 radical (unpaired) electrons. The third-order valence-electron chi connectivity index (χ3n) is 2.27. The Balaban J connectivity index is 2.26. The van der Waals surface area contributed by atoms with E-state index in [4.69, 9.17) is 15.7 Å². The van der Waals surface area contributed by atoms with Gasteiger partial charge in [-0.3, -0.25) is 0 Å². The van der Waals surface area contributed by atoms with Crippen molar-refractivity contribution in [3.05, 3.63) is 42.1 Å². The minimum atomic E-state index is 0.253. The van der Waals surface area contributed by atoms with Crippen molar-refractivity contribution in [3.8, 4) is 11.8 Å². The molecule has 4 nitrogen and oxygen atoms in total. The predicted octanol–water partition coefficient (Wildman–Crippen LogP) is 2.70. The number of ether oxygens (including phenoxy) is 1. The monoisotopic (exact) mass is 257 g/mol. The van der Waals surface area contributed by atoms with Gasteiger partial charge in [0.15, 0.2) is 5.69 Å². The molecule has 0 aliphatic carbocycles. The van der Waals surface area contributed by atoms with Crippen molar-refractivity contribution in [3.63, 3.8) is 0 Å². The van der Waals surface area contributed by atoms with E-state index in [-0.39, 0.29) is 5.69 Å². The third-order valence-corrected chi connectivity index (χ3v) is 3.20. The van der Waals surface area contributed by atoms with Gasteiger partial charge in [-0.25, -0.2) is 4.98 Å². The number of rotatable bonds is 3. The summed E-state index contributed by atoms with van der Waals surface area (Å²) < 4.78 is 5.15. The SMILES string of the molecule is COc1cccc(Sc2ccc(N)c(C#N)n2)c1. The molecule has 0 saturated heterocycles. The highest BCUT2D eigenvalue weighted by Crippen LogP contribution is 2.29. The van der Waals surface area contributed by atoms with E-state index in [0.29, 0.717) is 5.69 Å². The molecule has 0 fully saturated rings. The van der Waals surface area contributed by atoms with Crippen LogP contribution in [-0.4, -0.2) is 12.1 Å². The van der Waals surface area contributed by atoms with Gasteiger partial charge in [0.25, 0.3) is 0 Å². The van der Waals surface area contributed by atoms with Gasteiger partial charge in [0.05, 0.1) is 12.8 Å². The van der Waals surface area contributed by atoms with Crippen LogP contribution in [0.15, 0.2) is 46.3 Å². The number of pyridine rings is 1. The minimum Gasteiger partial charge on any atom is -0.497 e. The first-order valence-corrected chi connectivity index (χ1v) is 6.03. The molecule has 0 bridgehead atoms. The standard InChI is InChI=1S/C13H11N3OS/c1-17-9-3-2-4-10(7-9)18-13-6-5-11(15)12(8-14)16-13/h2-7H,15H2,1H3. The molecule has 18 heavy (non-hydrogen) atoms. The Morgan fingerprint density at radius 1 is 1.33 bits per heavy atom. The lowest BCUT2D eigenvalue weighted by Gasteiger charge is -2.04. The summed E-state index contributed by atoms with van der Waals surface area (Å²) in [7, 11) is 1.62. The van der Waals surface area contributed by atoms with Crippen molar-refractivity contribution < 1.29 is 4.74 Å². The number of benzene rings is 1. The normalized spacial score (nSPS) is 9.78. The summed E-state index contributed by atoms with van der Waals surface area (Å²) >= 11 is 1.46. The summed E-state index contributed by atoms with van der Waals surface area (Å²) in [6, 6.07) is 13.1. The highest BCUT2D eigenvalue weighted by atomic mass is 32.2. The molecule has 5 heteroatoms. The van der Waals surface area contributed by atoms with Crippen molar-refractivity contribution in [1.29, 1.82) is 5.26 Å². The Bertz CT molecular complexity index is 607. The second-order valence-corrected chi connectivity index (χ2v) is 4.57. The number of nitriles is 1. The van der Waals surface area contributed by atoms with Gasteiger partial charge in [-0.05, 0) is 30.3 Å². The van der Waals surface area contributed by atoms with Crippen molar-refractivity contribution >= 4 is 17.4 Å². The lowest BCUT2D eigenvalue weighted by atomic mass is 10.3. The van der Waals surface area contributed by atoms with E-state index in [0.717, 1.165) is 15.7 Å². The van der Waals surface area contributed by atoms with Gasteiger partial charge in [0.2, 0.25) is 0 Å². The summed E-state index contributed by atoms with van der Waals surface area (Å²) in [6.07, 6.45) is 0. The second kappa shape index (κ2) is 5.43. The van der Waals surface area contributed by atoms with Crippen molar-refractivity contribution in [2.45, 2.75) is 9.92 Å². The third kappa shape index (κ3) is 2.73. The number of hydrogen-bond acceptors (Lipinski definition) is 5. The van der Waals surface area contributed by atoms with Crippen LogP contribution in [0.5, 0.6) is 5.75 Å². The van der Waals surface area contributed by atoms with Gasteiger partial charge in [0, 0.05) is 4.90 Å². The van der Waals surface area contributed by atoms with Crippen molar-refractivity contribution in [2.24, 2.45) is 0 Å². The zero-order valence-corrected chi connectivity index (χ0v) is 10.6. The fraction of sp³-hybridized carbons (Fsp3) is 0.0769. The molecule has 0 saturated carbocycles. The number of aromatic nitrogens is 1. The molecule has 0 aliphatic heterocycles. The predicted molar refractivity (Wildman–Crippen MR) is 70.5 cm³/mol. The van der Waals surface area contributed by atoms with E-state index < -0.39 is 0 Å². The number of nitrogen functional groups attached to an aromatic ring is 1. The fourth-order valence-corrected chi connectivity index (χ4v) is 2.22. The minimum absolute atomic E-state index is 0.253. The maximum atomic E-state index is 8.87. The smallest absolute Gasteiger partial charge is 0.164 e. The largest absolute Gasteiger partial charge is 0.497 e. The summed E-state index contributed by atoms with van der Waals surface area (Å²) in [5.41, 5.74) is 6.27. The average Bonchev–Trinajstić information content (AvgIpc) is 2.41. The van der Waals surface area contributed by atoms with E-state index in [1.165, 1.54) is 11.8 Å². The molecule has 90 valence electrons. The molecule has 1 aromatic heterocycles. The van der Waals surface area contributed by atoms with Crippen LogP contribution in [0.25, 0.3) is 0 Å². The molecular formula is C13H11N3OS. The molecule has 2 aromatic rings. The van der Waals surface area contributed by atoms with Gasteiger partial charge in [-0.15, -0.1) is 0 Å². The number of nitrogens with zero attached hydrogens (tertiary/aromatic N) is 2. The van der Waals surface area contributed by atoms with Crippen LogP contribution in [-0.2, 0) is 0 Å². The first-order chi connectivity index (χ1) is 8.72. The molecule has 0 aliphatic rings. The lowest BCUT2D eigenvalue weighted by Crippen LogP contribution is -1.94. The molecule has 1 heterocycles. The topological polar surface area (TPSA) is 71.9 Å². The number of hydrogen-bond donors (Lipinski definition) is 1. The van der Waals surface area contributed by atoms with E-state index in [9.17, 15) is 0 Å². The maximum Gasteiger partial charge on any atom is 0.164 e.